The van der Waals surface area contributed by atoms with Crippen molar-refractivity contribution in [2.75, 3.05) is 13.7 Å². The minimum Gasteiger partial charge on any atom is -0.507 e. The predicted molar refractivity (Wildman–Crippen MR) is 125 cm³/mol. The van der Waals surface area contributed by atoms with Gasteiger partial charge in [0, 0.05) is 34.7 Å². The number of aliphatic carboxylic acids is 1. The lowest BCUT2D eigenvalue weighted by Gasteiger charge is -2.42. The molecule has 9 heteroatoms. The molecule has 186 valence electrons. The maximum atomic E-state index is 13.4. The Morgan fingerprint density at radius 3 is 2.58 bits per heavy atom. The van der Waals surface area contributed by atoms with Crippen LogP contribution in [0.15, 0.2) is 52.6 Å². The number of likely N-dealkylation sites (tertiary alicyclic amines) is 1. The first kappa shape index (κ1) is 23.7. The van der Waals surface area contributed by atoms with E-state index in [4.69, 9.17) is 9.84 Å². The van der Waals surface area contributed by atoms with E-state index in [0.29, 0.717) is 16.9 Å². The fourth-order valence-electron chi connectivity index (χ4n) is 6.19. The van der Waals surface area contributed by atoms with E-state index in [1.165, 1.54) is 19.3 Å². The Morgan fingerprint density at radius 2 is 1.89 bits per heavy atom. The van der Waals surface area contributed by atoms with E-state index >= 15 is 0 Å². The Balaban J connectivity index is 1.67. The zero-order valence-corrected chi connectivity index (χ0v) is 19.8. The molecule has 2 amide bonds. The number of carboxylic acid groups (broad SMARTS) is 1. The van der Waals surface area contributed by atoms with Crippen LogP contribution in [-0.4, -0.2) is 58.1 Å². The van der Waals surface area contributed by atoms with Gasteiger partial charge < -0.3 is 14.9 Å². The van der Waals surface area contributed by atoms with E-state index in [0.717, 1.165) is 4.90 Å². The van der Waals surface area contributed by atoms with Gasteiger partial charge in [-0.3, -0.25) is 28.9 Å². The molecule has 3 aliphatic carbocycles. The summed E-state index contributed by atoms with van der Waals surface area (Å²) in [6.45, 7) is 1.35. The van der Waals surface area contributed by atoms with E-state index < -0.39 is 41.5 Å². The van der Waals surface area contributed by atoms with Gasteiger partial charge in [0.2, 0.25) is 11.8 Å². The number of aromatic hydroxyl groups is 1. The lowest BCUT2D eigenvalue weighted by Crippen LogP contribution is -2.40. The monoisotopic (exact) mass is 491 g/mol. The molecule has 1 heterocycles. The maximum Gasteiger partial charge on any atom is 0.305 e. The molecule has 36 heavy (non-hydrogen) atoms. The molecule has 0 spiro atoms. The van der Waals surface area contributed by atoms with E-state index in [1.807, 2.05) is 6.08 Å². The lowest BCUT2D eigenvalue weighted by molar-refractivity contribution is -0.142. The number of allylic oxidation sites excluding steroid dienone is 6. The molecule has 0 radical (unpaired) electrons. The number of phenols is 1. The molecule has 1 fully saturated rings. The topological polar surface area (TPSA) is 138 Å². The highest BCUT2D eigenvalue weighted by Crippen LogP contribution is 2.57. The van der Waals surface area contributed by atoms with E-state index in [9.17, 15) is 29.1 Å². The lowest BCUT2D eigenvalue weighted by atomic mass is 9.59. The average molecular weight is 491 g/mol. The van der Waals surface area contributed by atoms with Crippen molar-refractivity contribution in [1.29, 1.82) is 0 Å². The van der Waals surface area contributed by atoms with Crippen LogP contribution in [0.3, 0.4) is 0 Å². The number of carboxylic acids is 1. The molecule has 9 nitrogen and oxygen atoms in total. The predicted octanol–water partition coefficient (Wildman–Crippen LogP) is 2.31. The highest BCUT2D eigenvalue weighted by atomic mass is 16.5. The largest absolute Gasteiger partial charge is 0.507 e. The number of Topliss-reactive ketones (excluding diaryl/α,β-unsaturated/α-hetero) is 1. The molecule has 4 atom stereocenters. The number of nitrogens with zero attached hydrogens (tertiary/aromatic N) is 1. The second-order valence-electron chi connectivity index (χ2n) is 9.59. The van der Waals surface area contributed by atoms with Crippen LogP contribution < -0.4 is 4.74 Å². The number of amides is 2. The SMILES string of the molecule is COc1cccc(O)c1[C@H]1C2=CC[C@@H]3C(=O)N(CCC(=O)O)C(=O)[C@@H]3[C@@H]2CC2=C1C(=O)C(C)=CC2=O. The smallest absolute Gasteiger partial charge is 0.305 e. The number of phenolic OH excluding ortho intramolecular Hbond substituents is 1. The first-order valence-corrected chi connectivity index (χ1v) is 11.8. The van der Waals surface area contributed by atoms with Crippen molar-refractivity contribution in [2.45, 2.75) is 32.1 Å². The first-order chi connectivity index (χ1) is 17.1. The molecule has 1 aliphatic heterocycles. The van der Waals surface area contributed by atoms with Gasteiger partial charge in [0.15, 0.2) is 11.6 Å². The molecule has 2 N–H and O–H groups in total. The summed E-state index contributed by atoms with van der Waals surface area (Å²) in [5.41, 5.74) is 1.84. The van der Waals surface area contributed by atoms with Crippen molar-refractivity contribution < 1.29 is 38.9 Å². The molecular weight excluding hydrogens is 466 g/mol. The number of ketones is 2. The molecule has 0 aromatic heterocycles. The summed E-state index contributed by atoms with van der Waals surface area (Å²) in [4.78, 5) is 65.1. The molecule has 1 aromatic carbocycles. The van der Waals surface area contributed by atoms with Crippen LogP contribution in [0.1, 0.15) is 37.7 Å². The van der Waals surface area contributed by atoms with Crippen LogP contribution in [0.25, 0.3) is 0 Å². The molecule has 1 saturated heterocycles. The van der Waals surface area contributed by atoms with Gasteiger partial charge in [-0.1, -0.05) is 17.7 Å². The second-order valence-corrected chi connectivity index (χ2v) is 9.59. The van der Waals surface area contributed by atoms with Crippen molar-refractivity contribution in [3.05, 3.63) is 58.2 Å². The Bertz CT molecular complexity index is 1330. The number of methoxy groups -OCH3 is 1. The summed E-state index contributed by atoms with van der Waals surface area (Å²) < 4.78 is 5.52. The molecule has 0 bridgehead atoms. The number of carbonyl (C=O) groups is 5. The standard InChI is InChI=1S/C27H25NO8/c1-12-10-18(30)16-11-15-13(6-7-14-21(15)27(35)28(26(14)34)9-8-20(31)32)22(23(16)25(12)33)24-17(29)4-3-5-19(24)36-2/h3-6,10,14-15,21-22,29H,7-9,11H2,1-2H3,(H,31,32)/t14-,15+,21-,22-/m0/s1. The normalized spacial score (nSPS) is 27.3. The van der Waals surface area contributed by atoms with Crippen LogP contribution in [0, 0.1) is 17.8 Å². The third-order valence-electron chi connectivity index (χ3n) is 7.76. The molecule has 0 saturated carbocycles. The Kier molecular flexibility index (Phi) is 5.65. The average Bonchev–Trinajstić information content (AvgIpc) is 3.09. The van der Waals surface area contributed by atoms with Gasteiger partial charge in [-0.2, -0.15) is 0 Å². The van der Waals surface area contributed by atoms with Gasteiger partial charge in [0.05, 0.1) is 25.4 Å². The van der Waals surface area contributed by atoms with Crippen LogP contribution in [0.4, 0.5) is 0 Å². The number of imide groups is 1. The van der Waals surface area contributed by atoms with Gasteiger partial charge in [-0.15, -0.1) is 0 Å². The van der Waals surface area contributed by atoms with Gasteiger partial charge >= 0.3 is 5.97 Å². The minimum absolute atomic E-state index is 0.106. The van der Waals surface area contributed by atoms with E-state index in [2.05, 4.69) is 0 Å². The third-order valence-corrected chi connectivity index (χ3v) is 7.76. The molecule has 5 rings (SSSR count). The number of fused-ring (bicyclic) bond motifs is 3. The van der Waals surface area contributed by atoms with Crippen LogP contribution in [0.2, 0.25) is 0 Å². The Hall–Kier alpha value is -4.01. The van der Waals surface area contributed by atoms with Crippen molar-refractivity contribution in [1.82, 2.24) is 4.90 Å². The Labute approximate surface area is 206 Å². The number of hydrogen-bond acceptors (Lipinski definition) is 7. The van der Waals surface area contributed by atoms with Gasteiger partial charge in [-0.25, -0.2) is 0 Å². The molecule has 4 aliphatic rings. The molecular formula is C27H25NO8. The van der Waals surface area contributed by atoms with Crippen molar-refractivity contribution in [3.63, 3.8) is 0 Å². The summed E-state index contributed by atoms with van der Waals surface area (Å²) >= 11 is 0. The van der Waals surface area contributed by atoms with Gasteiger partial charge in [0.25, 0.3) is 0 Å². The summed E-state index contributed by atoms with van der Waals surface area (Å²) in [5, 5.41) is 20.0. The van der Waals surface area contributed by atoms with Crippen molar-refractivity contribution >= 4 is 29.4 Å². The highest BCUT2D eigenvalue weighted by molar-refractivity contribution is 6.24. The first-order valence-electron chi connectivity index (χ1n) is 11.8. The quantitative estimate of drug-likeness (QED) is 0.364. The van der Waals surface area contributed by atoms with E-state index in [-0.39, 0.29) is 59.8 Å². The van der Waals surface area contributed by atoms with Crippen LogP contribution >= 0.6 is 0 Å². The minimum atomic E-state index is -1.11. The summed E-state index contributed by atoms with van der Waals surface area (Å²) in [6, 6.07) is 4.74. The number of hydrogen-bond donors (Lipinski definition) is 2. The summed E-state index contributed by atoms with van der Waals surface area (Å²) in [6.07, 6.45) is 3.11. The van der Waals surface area contributed by atoms with Crippen LogP contribution in [-0.2, 0) is 24.0 Å². The Morgan fingerprint density at radius 1 is 1.14 bits per heavy atom. The number of ether oxygens (including phenoxy) is 1. The third kappa shape index (κ3) is 3.41. The van der Waals surface area contributed by atoms with Gasteiger partial charge in [0.1, 0.15) is 11.5 Å². The number of benzene rings is 1. The number of rotatable bonds is 5. The summed E-state index contributed by atoms with van der Waals surface area (Å²) in [7, 11) is 1.44. The van der Waals surface area contributed by atoms with E-state index in [1.54, 1.807) is 19.1 Å². The maximum absolute atomic E-state index is 13.4. The molecule has 1 aromatic rings. The van der Waals surface area contributed by atoms with Gasteiger partial charge in [-0.05, 0) is 43.9 Å². The van der Waals surface area contributed by atoms with Crippen molar-refractivity contribution in [2.24, 2.45) is 17.8 Å². The number of carbonyl (C=O) groups excluding carboxylic acids is 4. The fourth-order valence-corrected chi connectivity index (χ4v) is 6.19. The molecule has 0 unspecified atom stereocenters. The summed E-state index contributed by atoms with van der Waals surface area (Å²) in [5.74, 6) is -5.25. The zero-order valence-electron chi connectivity index (χ0n) is 19.8. The highest BCUT2D eigenvalue weighted by Gasteiger charge is 2.56. The second kappa shape index (κ2) is 8.58. The van der Waals surface area contributed by atoms with Crippen LogP contribution in [0.5, 0.6) is 11.5 Å². The zero-order chi connectivity index (χ0) is 25.9. The fraction of sp³-hybridized carbons (Fsp3) is 0.370. The van der Waals surface area contributed by atoms with Crippen molar-refractivity contribution in [3.8, 4) is 11.5 Å².